The van der Waals surface area contributed by atoms with Crippen LogP contribution < -0.4 is 10.2 Å². The van der Waals surface area contributed by atoms with Gasteiger partial charge in [-0.15, -0.1) is 0 Å². The van der Waals surface area contributed by atoms with Crippen molar-refractivity contribution in [1.82, 2.24) is 5.32 Å². The number of amides is 1. The quantitative estimate of drug-likeness (QED) is 0.916. The molecule has 1 fully saturated rings. The summed E-state index contributed by atoms with van der Waals surface area (Å²) < 4.78 is 29.7. The largest absolute Gasteiger partial charge is 0.459 e. The molecule has 0 atom stereocenters. The summed E-state index contributed by atoms with van der Waals surface area (Å²) in [6.45, 7) is 1.74. The Hall–Kier alpha value is -2.44. The molecule has 3 rings (SSSR count). The highest BCUT2D eigenvalue weighted by Crippen LogP contribution is 2.30. The number of carbonyl (C=O) groups excluding carboxylic acids is 1. The third kappa shape index (κ3) is 3.72. The van der Waals surface area contributed by atoms with Gasteiger partial charge in [0, 0.05) is 25.6 Å². The lowest BCUT2D eigenvalue weighted by Crippen LogP contribution is -2.38. The van der Waals surface area contributed by atoms with E-state index in [1.165, 1.54) is 13.2 Å². The van der Waals surface area contributed by atoms with Crippen molar-refractivity contribution in [2.45, 2.75) is 25.7 Å². The Bertz CT molecular complexity index is 607. The number of benzene rings is 1. The van der Waals surface area contributed by atoms with Crippen LogP contribution in [0.2, 0.25) is 0 Å². The lowest BCUT2D eigenvalue weighted by atomic mass is 9.95. The molecule has 24 heavy (non-hydrogen) atoms. The number of halogens is 1. The zero-order valence-electron chi connectivity index (χ0n) is 13.5. The van der Waals surface area contributed by atoms with Crippen LogP contribution in [0.5, 0.6) is 0 Å². The maximum atomic E-state index is 14.4. The van der Waals surface area contributed by atoms with Crippen LogP contribution in [0.4, 0.5) is 14.9 Å². The van der Waals surface area contributed by atoms with Crippen molar-refractivity contribution in [1.29, 1.82) is 0 Å². The molecule has 0 unspecified atom stereocenters. The fourth-order valence-corrected chi connectivity index (χ4v) is 3.05. The van der Waals surface area contributed by atoms with E-state index in [1.54, 1.807) is 18.6 Å². The molecule has 2 aliphatic rings. The predicted molar refractivity (Wildman–Crippen MR) is 85.7 cm³/mol. The minimum atomic E-state index is -0.535. The van der Waals surface area contributed by atoms with Gasteiger partial charge in [0.25, 0.3) is 0 Å². The zero-order valence-corrected chi connectivity index (χ0v) is 13.5. The van der Waals surface area contributed by atoms with E-state index in [9.17, 15) is 9.18 Å². The molecule has 0 bridgehead atoms. The van der Waals surface area contributed by atoms with Gasteiger partial charge in [-0.2, -0.15) is 0 Å². The van der Waals surface area contributed by atoms with E-state index >= 15 is 0 Å². The van der Waals surface area contributed by atoms with Gasteiger partial charge in [0.05, 0.1) is 12.8 Å². The fraction of sp³-hybridized carbons (Fsp3) is 0.471. The smallest absolute Gasteiger partial charge is 0.407 e. The Balaban J connectivity index is 1.56. The molecular formula is C17H21FN2O4. The Morgan fingerprint density at radius 3 is 2.67 bits per heavy atom. The molecule has 0 aromatic heterocycles. The average Bonchev–Trinajstić information content (AvgIpc) is 3.14. The van der Waals surface area contributed by atoms with Crippen LogP contribution in [-0.4, -0.2) is 32.6 Å². The maximum Gasteiger partial charge on any atom is 0.407 e. The summed E-state index contributed by atoms with van der Waals surface area (Å²) in [5, 5.41) is 2.54. The molecule has 7 heteroatoms. The molecule has 1 saturated heterocycles. The third-order valence-corrected chi connectivity index (χ3v) is 4.38. The summed E-state index contributed by atoms with van der Waals surface area (Å²) in [7, 11) is 1.29. The van der Waals surface area contributed by atoms with Crippen LogP contribution in [0, 0.1) is 11.7 Å². The van der Waals surface area contributed by atoms with E-state index in [1.807, 2.05) is 11.0 Å². The molecule has 0 aliphatic carbocycles. The Morgan fingerprint density at radius 1 is 1.33 bits per heavy atom. The highest BCUT2D eigenvalue weighted by atomic mass is 19.1. The minimum absolute atomic E-state index is 0.205. The molecule has 2 aliphatic heterocycles. The first kappa shape index (κ1) is 16.4. The first-order valence-electron chi connectivity index (χ1n) is 7.98. The van der Waals surface area contributed by atoms with E-state index in [0.29, 0.717) is 17.2 Å². The minimum Gasteiger partial charge on any atom is -0.459 e. The van der Waals surface area contributed by atoms with E-state index in [0.717, 1.165) is 25.9 Å². The molecule has 1 N–H and O–H groups in total. The summed E-state index contributed by atoms with van der Waals surface area (Å²) in [6, 6.07) is 5.02. The van der Waals surface area contributed by atoms with Crippen molar-refractivity contribution in [3.8, 4) is 0 Å². The van der Waals surface area contributed by atoms with Crippen LogP contribution in [0.15, 0.2) is 30.7 Å². The second-order valence-corrected chi connectivity index (χ2v) is 5.87. The normalized spacial score (nSPS) is 18.2. The number of rotatable bonds is 4. The summed E-state index contributed by atoms with van der Waals surface area (Å²) in [5.41, 5.74) is 1.28. The molecule has 1 aromatic rings. The van der Waals surface area contributed by atoms with E-state index in [4.69, 9.17) is 9.47 Å². The van der Waals surface area contributed by atoms with Crippen LogP contribution in [0.25, 0.3) is 0 Å². The molecule has 0 radical (unpaired) electrons. The first-order valence-corrected chi connectivity index (χ1v) is 7.98. The average molecular weight is 336 g/mol. The van der Waals surface area contributed by atoms with Gasteiger partial charge in [-0.05, 0) is 30.5 Å². The predicted octanol–water partition coefficient (Wildman–Crippen LogP) is 2.74. The van der Waals surface area contributed by atoms with Crippen LogP contribution in [0.1, 0.15) is 18.4 Å². The van der Waals surface area contributed by atoms with Gasteiger partial charge in [-0.3, -0.25) is 0 Å². The van der Waals surface area contributed by atoms with Crippen molar-refractivity contribution in [2.75, 3.05) is 25.1 Å². The topological polar surface area (TPSA) is 60.0 Å². The van der Waals surface area contributed by atoms with E-state index < -0.39 is 6.09 Å². The van der Waals surface area contributed by atoms with Crippen LogP contribution >= 0.6 is 0 Å². The number of hydrogen-bond acceptors (Lipinski definition) is 5. The van der Waals surface area contributed by atoms with Crippen LogP contribution in [-0.2, 0) is 20.8 Å². The highest BCUT2D eigenvalue weighted by Gasteiger charge is 2.30. The Kier molecular flexibility index (Phi) is 5.08. The van der Waals surface area contributed by atoms with Gasteiger partial charge >= 0.3 is 6.09 Å². The van der Waals surface area contributed by atoms with E-state index in [2.05, 4.69) is 10.1 Å². The van der Waals surface area contributed by atoms with Crippen molar-refractivity contribution < 1.29 is 23.4 Å². The fourth-order valence-electron chi connectivity index (χ4n) is 3.05. The number of methoxy groups -OCH3 is 1. The van der Waals surface area contributed by atoms with Gasteiger partial charge in [0.2, 0.25) is 6.29 Å². The van der Waals surface area contributed by atoms with Crippen molar-refractivity contribution in [2.24, 2.45) is 5.92 Å². The molecule has 2 heterocycles. The van der Waals surface area contributed by atoms with Crippen molar-refractivity contribution in [3.05, 3.63) is 42.1 Å². The van der Waals surface area contributed by atoms with E-state index in [-0.39, 0.29) is 18.7 Å². The first-order chi connectivity index (χ1) is 11.7. The van der Waals surface area contributed by atoms with Gasteiger partial charge in [0.1, 0.15) is 18.3 Å². The molecule has 6 nitrogen and oxygen atoms in total. The van der Waals surface area contributed by atoms with Gasteiger partial charge < -0.3 is 24.4 Å². The summed E-state index contributed by atoms with van der Waals surface area (Å²) in [4.78, 5) is 13.1. The van der Waals surface area contributed by atoms with Crippen molar-refractivity contribution >= 4 is 11.8 Å². The van der Waals surface area contributed by atoms with Gasteiger partial charge in [-0.25, -0.2) is 9.18 Å². The molecular weight excluding hydrogens is 315 g/mol. The number of ether oxygens (including phenoxy) is 3. The molecule has 0 spiro atoms. The number of nitrogens with zero attached hydrogens (tertiary/aromatic N) is 1. The summed E-state index contributed by atoms with van der Waals surface area (Å²) in [6.07, 6.45) is 4.17. The maximum absolute atomic E-state index is 14.4. The summed E-state index contributed by atoms with van der Waals surface area (Å²) >= 11 is 0. The number of nitrogens with one attached hydrogen (secondary N) is 1. The lowest BCUT2D eigenvalue weighted by Gasteiger charge is -2.35. The molecule has 1 aromatic carbocycles. The van der Waals surface area contributed by atoms with Crippen LogP contribution in [0.3, 0.4) is 0 Å². The molecule has 1 amide bonds. The monoisotopic (exact) mass is 336 g/mol. The number of carbonyl (C=O) groups is 1. The third-order valence-electron chi connectivity index (χ3n) is 4.38. The SMILES string of the molecule is COC(=O)NCc1ccc(N2CCC(C3OC=CO3)CC2)c(F)c1. The van der Waals surface area contributed by atoms with Gasteiger partial charge in [-0.1, -0.05) is 6.07 Å². The highest BCUT2D eigenvalue weighted by molar-refractivity contribution is 5.66. The number of anilines is 1. The Morgan fingerprint density at radius 2 is 2.04 bits per heavy atom. The molecule has 130 valence electrons. The number of piperidine rings is 1. The van der Waals surface area contributed by atoms with Gasteiger partial charge in [0.15, 0.2) is 0 Å². The second-order valence-electron chi connectivity index (χ2n) is 5.87. The zero-order chi connectivity index (χ0) is 16.9. The van der Waals surface area contributed by atoms with Crippen molar-refractivity contribution in [3.63, 3.8) is 0 Å². The second kappa shape index (κ2) is 7.42. The standard InChI is InChI=1S/C17H21FN2O4/c1-22-17(21)19-11-12-2-3-15(14(18)10-12)20-6-4-13(5-7-20)16-23-8-9-24-16/h2-3,8-10,13,16H,4-7,11H2,1H3,(H,19,21). The summed E-state index contributed by atoms with van der Waals surface area (Å²) in [5.74, 6) is 0.0375. The molecule has 0 saturated carbocycles. The number of alkyl carbamates (subject to hydrolysis) is 1. The lowest BCUT2D eigenvalue weighted by molar-refractivity contribution is -0.0728. The Labute approximate surface area is 140 Å². The number of hydrogen-bond donors (Lipinski definition) is 1.